The van der Waals surface area contributed by atoms with Crippen LogP contribution in [0.3, 0.4) is 0 Å². The Balaban J connectivity index is 3.66. The summed E-state index contributed by atoms with van der Waals surface area (Å²) >= 11 is 0. The van der Waals surface area contributed by atoms with E-state index < -0.39 is 5.97 Å². The molecule has 0 rings (SSSR count). The fraction of sp³-hybridized carbons (Fsp3) is 0.833. The number of aliphatic carboxylic acids is 1. The van der Waals surface area contributed by atoms with Crippen LogP contribution in [-0.4, -0.2) is 11.1 Å². The average molecular weight is 199 g/mol. The topological polar surface area (TPSA) is 37.3 Å². The Morgan fingerprint density at radius 2 is 1.71 bits per heavy atom. The average Bonchev–Trinajstić information content (AvgIpc) is 2.13. The van der Waals surface area contributed by atoms with Crippen molar-refractivity contribution in [3.8, 4) is 0 Å². The van der Waals surface area contributed by atoms with Gasteiger partial charge in [0.1, 0.15) is 0 Å². The summed E-state index contributed by atoms with van der Waals surface area (Å²) in [6.45, 7) is 4.31. The van der Waals surface area contributed by atoms with E-state index in [1.54, 1.807) is 0 Å². The number of hydrogen-bond acceptors (Lipinski definition) is 1. The molecule has 0 aromatic heterocycles. The van der Waals surface area contributed by atoms with E-state index in [0.717, 1.165) is 32.1 Å². The molecule has 14 heavy (non-hydrogen) atoms. The molecule has 0 aromatic carbocycles. The molecular weight excluding hydrogens is 176 g/mol. The standard InChI is InChI=1S/C12H23O2/c1-3-5-7-9-11(8-6-4-2)10-12(13)14/h10-11H,3-9H2,1-2H3,(H,13,14). The van der Waals surface area contributed by atoms with Gasteiger partial charge in [-0.25, -0.2) is 0 Å². The van der Waals surface area contributed by atoms with Crippen LogP contribution in [0.4, 0.5) is 0 Å². The lowest BCUT2D eigenvalue weighted by Gasteiger charge is -2.13. The predicted octanol–water partition coefficient (Wildman–Crippen LogP) is 3.66. The Labute approximate surface area is 87.7 Å². The van der Waals surface area contributed by atoms with Crippen LogP contribution in [0.2, 0.25) is 0 Å². The van der Waals surface area contributed by atoms with Crippen molar-refractivity contribution in [1.82, 2.24) is 0 Å². The minimum atomic E-state index is -0.761. The van der Waals surface area contributed by atoms with Gasteiger partial charge in [0.15, 0.2) is 0 Å². The Hall–Kier alpha value is -0.530. The predicted molar refractivity (Wildman–Crippen MR) is 59.1 cm³/mol. The highest BCUT2D eigenvalue weighted by Gasteiger charge is 2.12. The monoisotopic (exact) mass is 199 g/mol. The Kier molecular flexibility index (Phi) is 8.70. The molecular formula is C12H23O2. The lowest BCUT2D eigenvalue weighted by molar-refractivity contribution is -0.133. The van der Waals surface area contributed by atoms with Crippen molar-refractivity contribution in [3.63, 3.8) is 0 Å². The van der Waals surface area contributed by atoms with E-state index in [2.05, 4.69) is 13.8 Å². The van der Waals surface area contributed by atoms with Crippen LogP contribution in [0, 0.1) is 12.3 Å². The van der Waals surface area contributed by atoms with Gasteiger partial charge in [-0.05, 0) is 18.8 Å². The second-order valence-corrected chi connectivity index (χ2v) is 3.90. The van der Waals surface area contributed by atoms with Crippen molar-refractivity contribution in [2.45, 2.75) is 58.8 Å². The summed E-state index contributed by atoms with van der Waals surface area (Å²) in [4.78, 5) is 10.6. The fourth-order valence-electron chi connectivity index (χ4n) is 1.64. The van der Waals surface area contributed by atoms with Crippen LogP contribution in [0.5, 0.6) is 0 Å². The molecule has 1 radical (unpaired) electrons. The highest BCUT2D eigenvalue weighted by atomic mass is 16.4. The molecule has 0 aliphatic heterocycles. The molecule has 0 bridgehead atoms. The van der Waals surface area contributed by atoms with Gasteiger partial charge < -0.3 is 5.11 Å². The van der Waals surface area contributed by atoms with Crippen molar-refractivity contribution in [3.05, 3.63) is 6.42 Å². The summed E-state index contributed by atoms with van der Waals surface area (Å²) < 4.78 is 0. The number of unbranched alkanes of at least 4 members (excludes halogenated alkanes) is 3. The summed E-state index contributed by atoms with van der Waals surface area (Å²) in [5, 5.41) is 8.68. The molecule has 1 atom stereocenters. The maximum absolute atomic E-state index is 10.6. The summed E-state index contributed by atoms with van der Waals surface area (Å²) in [7, 11) is 0. The third-order valence-electron chi connectivity index (χ3n) is 2.49. The first kappa shape index (κ1) is 13.5. The van der Waals surface area contributed by atoms with Crippen LogP contribution < -0.4 is 0 Å². The van der Waals surface area contributed by atoms with E-state index in [1.165, 1.54) is 19.3 Å². The van der Waals surface area contributed by atoms with Crippen molar-refractivity contribution in [2.75, 3.05) is 0 Å². The molecule has 1 unspecified atom stereocenters. The molecule has 0 saturated carbocycles. The van der Waals surface area contributed by atoms with E-state index in [4.69, 9.17) is 5.11 Å². The number of carboxylic acid groups (broad SMARTS) is 1. The molecule has 0 saturated heterocycles. The van der Waals surface area contributed by atoms with Gasteiger partial charge in [0.05, 0.1) is 6.42 Å². The van der Waals surface area contributed by atoms with Crippen LogP contribution in [0.25, 0.3) is 0 Å². The fourth-order valence-corrected chi connectivity index (χ4v) is 1.64. The molecule has 1 N–H and O–H groups in total. The van der Waals surface area contributed by atoms with Gasteiger partial charge >= 0.3 is 5.97 Å². The third-order valence-corrected chi connectivity index (χ3v) is 2.49. The number of hydrogen-bond donors (Lipinski definition) is 1. The molecule has 83 valence electrons. The van der Waals surface area contributed by atoms with Crippen LogP contribution in [0.15, 0.2) is 0 Å². The van der Waals surface area contributed by atoms with Crippen LogP contribution >= 0.6 is 0 Å². The van der Waals surface area contributed by atoms with Crippen molar-refractivity contribution in [1.29, 1.82) is 0 Å². The van der Waals surface area contributed by atoms with Gasteiger partial charge in [0.2, 0.25) is 0 Å². The second-order valence-electron chi connectivity index (χ2n) is 3.90. The van der Waals surface area contributed by atoms with Crippen LogP contribution in [-0.2, 0) is 4.79 Å². The van der Waals surface area contributed by atoms with Gasteiger partial charge in [0, 0.05) is 0 Å². The quantitative estimate of drug-likeness (QED) is 0.575. The summed E-state index contributed by atoms with van der Waals surface area (Å²) in [5.41, 5.74) is 0. The van der Waals surface area contributed by atoms with Gasteiger partial charge in [-0.1, -0.05) is 46.0 Å². The molecule has 0 amide bonds. The van der Waals surface area contributed by atoms with Crippen molar-refractivity contribution >= 4 is 5.97 Å². The third kappa shape index (κ3) is 8.09. The van der Waals surface area contributed by atoms with Crippen LogP contribution in [0.1, 0.15) is 58.8 Å². The van der Waals surface area contributed by atoms with E-state index in [1.807, 2.05) is 0 Å². The zero-order chi connectivity index (χ0) is 10.8. The minimum Gasteiger partial charge on any atom is -0.481 e. The molecule has 0 aliphatic rings. The Morgan fingerprint density at radius 1 is 1.14 bits per heavy atom. The zero-order valence-corrected chi connectivity index (χ0v) is 9.46. The van der Waals surface area contributed by atoms with E-state index in [0.29, 0.717) is 5.92 Å². The molecule has 0 heterocycles. The molecule has 0 aliphatic carbocycles. The molecule has 0 aromatic rings. The first-order valence-electron chi connectivity index (χ1n) is 5.78. The maximum Gasteiger partial charge on any atom is 0.307 e. The smallest absolute Gasteiger partial charge is 0.307 e. The first-order valence-corrected chi connectivity index (χ1v) is 5.78. The lowest BCUT2D eigenvalue weighted by atomic mass is 9.93. The molecule has 0 spiro atoms. The number of rotatable bonds is 9. The molecule has 2 nitrogen and oxygen atoms in total. The van der Waals surface area contributed by atoms with Gasteiger partial charge in [-0.2, -0.15) is 0 Å². The SMILES string of the molecule is CCCCCC([CH]C(=O)O)CCCC. The van der Waals surface area contributed by atoms with Gasteiger partial charge in [-0.15, -0.1) is 0 Å². The van der Waals surface area contributed by atoms with E-state index in [9.17, 15) is 4.79 Å². The largest absolute Gasteiger partial charge is 0.481 e. The highest BCUT2D eigenvalue weighted by molar-refractivity contribution is 5.76. The van der Waals surface area contributed by atoms with Gasteiger partial charge in [0.25, 0.3) is 0 Å². The van der Waals surface area contributed by atoms with Crippen molar-refractivity contribution < 1.29 is 9.90 Å². The van der Waals surface area contributed by atoms with Gasteiger partial charge in [-0.3, -0.25) is 4.79 Å². The molecule has 2 heteroatoms. The number of carboxylic acids is 1. The second kappa shape index (κ2) is 9.04. The highest BCUT2D eigenvalue weighted by Crippen LogP contribution is 2.19. The zero-order valence-electron chi connectivity index (χ0n) is 9.46. The minimum absolute atomic E-state index is 0.291. The van der Waals surface area contributed by atoms with E-state index in [-0.39, 0.29) is 0 Å². The lowest BCUT2D eigenvalue weighted by Crippen LogP contribution is -2.09. The van der Waals surface area contributed by atoms with E-state index >= 15 is 0 Å². The summed E-state index contributed by atoms with van der Waals surface area (Å²) in [6.07, 6.45) is 9.43. The molecule has 0 fully saturated rings. The first-order chi connectivity index (χ1) is 6.70. The summed E-state index contributed by atoms with van der Waals surface area (Å²) in [5.74, 6) is -0.471. The Bertz CT molecular complexity index is 143. The number of carbonyl (C=O) groups is 1. The summed E-state index contributed by atoms with van der Waals surface area (Å²) in [6, 6.07) is 0. The normalized spacial score (nSPS) is 12.7. The maximum atomic E-state index is 10.6. The Morgan fingerprint density at radius 3 is 2.21 bits per heavy atom. The van der Waals surface area contributed by atoms with Crippen molar-refractivity contribution in [2.24, 2.45) is 5.92 Å².